The van der Waals surface area contributed by atoms with E-state index in [1.54, 1.807) is 13.2 Å². The van der Waals surface area contributed by atoms with Gasteiger partial charge in [0.1, 0.15) is 5.75 Å². The Kier molecular flexibility index (Phi) is 3.25. The first-order valence-corrected chi connectivity index (χ1v) is 5.39. The molecule has 0 heterocycles. The summed E-state index contributed by atoms with van der Waals surface area (Å²) in [6.45, 7) is 0.698. The molecule has 0 radical (unpaired) electrons. The molecule has 2 rings (SSSR count). The van der Waals surface area contributed by atoms with Crippen LogP contribution >= 0.6 is 0 Å². The van der Waals surface area contributed by atoms with Gasteiger partial charge < -0.3 is 10.1 Å². The Hall–Kier alpha value is -1.77. The van der Waals surface area contributed by atoms with Crippen molar-refractivity contribution in [2.45, 2.75) is 19.4 Å². The molecular weight excluding hydrogens is 202 g/mol. The van der Waals surface area contributed by atoms with Crippen LogP contribution in [0.4, 0.5) is 0 Å². The van der Waals surface area contributed by atoms with Crippen molar-refractivity contribution in [3.63, 3.8) is 0 Å². The van der Waals surface area contributed by atoms with E-state index in [2.05, 4.69) is 5.32 Å². The van der Waals surface area contributed by atoms with Crippen molar-refractivity contribution < 1.29 is 9.53 Å². The monoisotopic (exact) mass is 217 g/mol. The number of carbonyl (C=O) groups is 1. The molecule has 1 N–H and O–H groups in total. The second-order valence-corrected chi connectivity index (χ2v) is 3.80. The molecule has 0 amide bonds. The van der Waals surface area contributed by atoms with Gasteiger partial charge in [-0.3, -0.25) is 4.79 Å². The zero-order chi connectivity index (χ0) is 11.4. The van der Waals surface area contributed by atoms with Crippen molar-refractivity contribution in [2.24, 2.45) is 0 Å². The van der Waals surface area contributed by atoms with E-state index in [0.29, 0.717) is 13.0 Å². The molecule has 0 saturated carbocycles. The molecule has 1 aromatic carbocycles. The number of nitrogens with one attached hydrogen (secondary N) is 1. The predicted molar refractivity (Wildman–Crippen MR) is 62.2 cm³/mol. The van der Waals surface area contributed by atoms with E-state index >= 15 is 0 Å². The minimum atomic E-state index is 0.211. The Balaban J connectivity index is 1.99. The van der Waals surface area contributed by atoms with Gasteiger partial charge in [0, 0.05) is 30.3 Å². The summed E-state index contributed by atoms with van der Waals surface area (Å²) in [4.78, 5) is 11.0. The molecule has 3 heteroatoms. The van der Waals surface area contributed by atoms with Gasteiger partial charge >= 0.3 is 0 Å². The zero-order valence-electron chi connectivity index (χ0n) is 9.32. The van der Waals surface area contributed by atoms with E-state index in [4.69, 9.17) is 4.74 Å². The number of hydrogen-bond donors (Lipinski definition) is 1. The van der Waals surface area contributed by atoms with Gasteiger partial charge in [-0.15, -0.1) is 0 Å². The van der Waals surface area contributed by atoms with Gasteiger partial charge in [0.05, 0.1) is 7.11 Å². The number of para-hydroxylation sites is 1. The first kappa shape index (κ1) is 10.7. The lowest BCUT2D eigenvalue weighted by atomic mass is 10.2. The number of benzene rings is 1. The van der Waals surface area contributed by atoms with Gasteiger partial charge in [-0.25, -0.2) is 0 Å². The number of allylic oxidation sites excluding steroid dienone is 2. The maximum absolute atomic E-state index is 11.0. The molecule has 0 bridgehead atoms. The molecule has 84 valence electrons. The lowest BCUT2D eigenvalue weighted by Crippen LogP contribution is -2.11. The molecule has 0 saturated heterocycles. The number of ketones is 1. The van der Waals surface area contributed by atoms with E-state index in [-0.39, 0.29) is 5.78 Å². The standard InChI is InChI=1S/C13H15NO2/c1-16-13-5-3-2-4-10(13)9-14-11-6-7-12(15)8-11/h2-5,8,14H,6-7,9H2,1H3. The number of ether oxygens (including phenoxy) is 1. The third-order valence-electron chi connectivity index (χ3n) is 2.67. The lowest BCUT2D eigenvalue weighted by Gasteiger charge is -2.10. The van der Waals surface area contributed by atoms with Crippen LogP contribution in [-0.4, -0.2) is 12.9 Å². The van der Waals surface area contributed by atoms with E-state index in [1.165, 1.54) is 0 Å². The SMILES string of the molecule is COc1ccccc1CNC1=CC(=O)CC1. The molecule has 0 fully saturated rings. The third kappa shape index (κ3) is 2.42. The van der Waals surface area contributed by atoms with Crippen LogP contribution in [0, 0.1) is 0 Å². The second-order valence-electron chi connectivity index (χ2n) is 3.80. The normalized spacial score (nSPS) is 14.8. The molecular formula is C13H15NO2. The summed E-state index contributed by atoms with van der Waals surface area (Å²) >= 11 is 0. The fraction of sp³-hybridized carbons (Fsp3) is 0.308. The average Bonchev–Trinajstić information content (AvgIpc) is 2.73. The van der Waals surface area contributed by atoms with Crippen LogP contribution in [-0.2, 0) is 11.3 Å². The van der Waals surface area contributed by atoms with Crippen LogP contribution in [0.25, 0.3) is 0 Å². The topological polar surface area (TPSA) is 38.3 Å². The summed E-state index contributed by atoms with van der Waals surface area (Å²) in [7, 11) is 1.66. The van der Waals surface area contributed by atoms with Crippen molar-refractivity contribution >= 4 is 5.78 Å². The Morgan fingerprint density at radius 3 is 2.81 bits per heavy atom. The quantitative estimate of drug-likeness (QED) is 0.838. The summed E-state index contributed by atoms with van der Waals surface area (Å²) in [5, 5.41) is 3.26. The molecule has 0 atom stereocenters. The van der Waals surface area contributed by atoms with Crippen molar-refractivity contribution in [1.29, 1.82) is 0 Å². The van der Waals surface area contributed by atoms with Gasteiger partial charge in [-0.05, 0) is 12.5 Å². The van der Waals surface area contributed by atoms with E-state index < -0.39 is 0 Å². The Morgan fingerprint density at radius 2 is 2.12 bits per heavy atom. The van der Waals surface area contributed by atoms with Crippen molar-refractivity contribution in [3.8, 4) is 5.75 Å². The highest BCUT2D eigenvalue weighted by Gasteiger charge is 2.11. The fourth-order valence-corrected chi connectivity index (χ4v) is 1.79. The maximum atomic E-state index is 11.0. The highest BCUT2D eigenvalue weighted by Crippen LogP contribution is 2.18. The van der Waals surface area contributed by atoms with Crippen LogP contribution in [0.2, 0.25) is 0 Å². The van der Waals surface area contributed by atoms with Gasteiger partial charge in [0.2, 0.25) is 0 Å². The van der Waals surface area contributed by atoms with E-state index in [0.717, 1.165) is 23.4 Å². The smallest absolute Gasteiger partial charge is 0.157 e. The Bertz CT molecular complexity index is 424. The van der Waals surface area contributed by atoms with Gasteiger partial charge in [0.25, 0.3) is 0 Å². The lowest BCUT2D eigenvalue weighted by molar-refractivity contribution is -0.114. The minimum absolute atomic E-state index is 0.211. The average molecular weight is 217 g/mol. The molecule has 0 aliphatic heterocycles. The summed E-state index contributed by atoms with van der Waals surface area (Å²) in [6, 6.07) is 7.88. The molecule has 1 aliphatic carbocycles. The molecule has 0 spiro atoms. The van der Waals surface area contributed by atoms with Crippen LogP contribution < -0.4 is 10.1 Å². The van der Waals surface area contributed by atoms with Crippen LogP contribution in [0.5, 0.6) is 5.75 Å². The molecule has 0 aromatic heterocycles. The highest BCUT2D eigenvalue weighted by atomic mass is 16.5. The Morgan fingerprint density at radius 1 is 1.31 bits per heavy atom. The summed E-state index contributed by atoms with van der Waals surface area (Å²) in [6.07, 6.45) is 3.15. The number of hydrogen-bond acceptors (Lipinski definition) is 3. The Labute approximate surface area is 95.1 Å². The summed E-state index contributed by atoms with van der Waals surface area (Å²) < 4.78 is 5.26. The van der Waals surface area contributed by atoms with Crippen molar-refractivity contribution in [1.82, 2.24) is 5.32 Å². The van der Waals surface area contributed by atoms with Crippen LogP contribution in [0.15, 0.2) is 36.0 Å². The van der Waals surface area contributed by atoms with Crippen LogP contribution in [0.1, 0.15) is 18.4 Å². The molecule has 16 heavy (non-hydrogen) atoms. The molecule has 1 aromatic rings. The van der Waals surface area contributed by atoms with E-state index in [1.807, 2.05) is 24.3 Å². The van der Waals surface area contributed by atoms with Crippen molar-refractivity contribution in [3.05, 3.63) is 41.6 Å². The minimum Gasteiger partial charge on any atom is -0.496 e. The zero-order valence-corrected chi connectivity index (χ0v) is 9.32. The predicted octanol–water partition coefficient (Wildman–Crippen LogP) is 2.03. The second kappa shape index (κ2) is 4.84. The molecule has 3 nitrogen and oxygen atoms in total. The van der Waals surface area contributed by atoms with Gasteiger partial charge in [0.15, 0.2) is 5.78 Å². The number of methoxy groups -OCH3 is 1. The molecule has 0 unspecified atom stereocenters. The fourth-order valence-electron chi connectivity index (χ4n) is 1.79. The first-order chi connectivity index (χ1) is 7.79. The number of carbonyl (C=O) groups excluding carboxylic acids is 1. The summed E-state index contributed by atoms with van der Waals surface area (Å²) in [5.41, 5.74) is 2.13. The largest absolute Gasteiger partial charge is 0.496 e. The van der Waals surface area contributed by atoms with Crippen LogP contribution in [0.3, 0.4) is 0 Å². The summed E-state index contributed by atoms with van der Waals surface area (Å²) in [5.74, 6) is 1.09. The maximum Gasteiger partial charge on any atom is 0.157 e. The third-order valence-corrected chi connectivity index (χ3v) is 2.67. The van der Waals surface area contributed by atoms with Gasteiger partial charge in [-0.1, -0.05) is 18.2 Å². The highest BCUT2D eigenvalue weighted by molar-refractivity contribution is 5.92. The number of rotatable bonds is 4. The first-order valence-electron chi connectivity index (χ1n) is 5.39. The molecule has 1 aliphatic rings. The van der Waals surface area contributed by atoms with Crippen molar-refractivity contribution in [2.75, 3.05) is 7.11 Å². The van der Waals surface area contributed by atoms with Gasteiger partial charge in [-0.2, -0.15) is 0 Å². The van der Waals surface area contributed by atoms with E-state index in [9.17, 15) is 4.79 Å².